The smallest absolute Gasteiger partial charge is 0.159 e. The molecule has 0 saturated carbocycles. The number of fused-ring (bicyclic) bond motifs is 9. The van der Waals surface area contributed by atoms with Crippen LogP contribution in [0.25, 0.3) is 88.1 Å². The third kappa shape index (κ3) is 4.12. The highest BCUT2D eigenvalue weighted by atomic mass is 14.9. The minimum absolute atomic E-state index is 0.200. The second-order valence-electron chi connectivity index (χ2n) is 13.6. The van der Waals surface area contributed by atoms with Crippen molar-refractivity contribution in [2.75, 3.05) is 0 Å². The van der Waals surface area contributed by atoms with Crippen molar-refractivity contribution in [2.45, 2.75) is 19.3 Å². The normalized spacial score (nSPS) is 13.3. The Morgan fingerprint density at radius 2 is 1.12 bits per heavy atom. The summed E-state index contributed by atoms with van der Waals surface area (Å²) in [6.07, 6.45) is 3.90. The first-order valence-electron chi connectivity index (χ1n) is 16.9. The molecule has 0 fully saturated rings. The van der Waals surface area contributed by atoms with Crippen LogP contribution in [0.3, 0.4) is 0 Å². The largest absolute Gasteiger partial charge is 0.247 e. The van der Waals surface area contributed by atoms with Crippen molar-refractivity contribution in [3.05, 3.63) is 163 Å². The molecule has 0 unspecified atom stereocenters. The summed E-state index contributed by atoms with van der Waals surface area (Å²) < 4.78 is 0. The van der Waals surface area contributed by atoms with Gasteiger partial charge in [0.25, 0.3) is 0 Å². The van der Waals surface area contributed by atoms with Crippen LogP contribution in [0.5, 0.6) is 0 Å². The Morgan fingerprint density at radius 1 is 0.490 bits per heavy atom. The fourth-order valence-corrected chi connectivity index (χ4v) is 8.18. The standard InChI is InChI=1S/C46H31N3/c1-46(2)39-18-10-9-17-37(39)44-43(46)41(42-34-14-6-3-11-29(34)23-24-40(42)49-44)30-21-19-28(20-22-30)32-26-47-45(48-27-32)38-25-31-12-4-5-13-33(31)35-15-7-8-16-36(35)38/h3-27H,1-2H3. The van der Waals surface area contributed by atoms with Crippen molar-refractivity contribution >= 4 is 43.2 Å². The number of aromatic nitrogens is 3. The first-order chi connectivity index (χ1) is 24.1. The minimum Gasteiger partial charge on any atom is -0.247 e. The summed E-state index contributed by atoms with van der Waals surface area (Å²) >= 11 is 0. The second kappa shape index (κ2) is 10.4. The van der Waals surface area contributed by atoms with Crippen LogP contribution in [-0.4, -0.2) is 15.0 Å². The van der Waals surface area contributed by atoms with E-state index >= 15 is 0 Å². The van der Waals surface area contributed by atoms with Gasteiger partial charge in [-0.1, -0.05) is 141 Å². The monoisotopic (exact) mass is 625 g/mol. The molecule has 230 valence electrons. The Hall–Kier alpha value is -6.19. The van der Waals surface area contributed by atoms with Gasteiger partial charge in [-0.05, 0) is 72.3 Å². The van der Waals surface area contributed by atoms with Crippen molar-refractivity contribution in [3.8, 4) is 44.9 Å². The van der Waals surface area contributed by atoms with E-state index in [1.54, 1.807) is 0 Å². The van der Waals surface area contributed by atoms with Crippen LogP contribution in [0.15, 0.2) is 152 Å². The highest BCUT2D eigenvalue weighted by Crippen LogP contribution is 2.54. The third-order valence-electron chi connectivity index (χ3n) is 10.5. The highest BCUT2D eigenvalue weighted by molar-refractivity contribution is 6.16. The zero-order valence-corrected chi connectivity index (χ0v) is 27.3. The summed E-state index contributed by atoms with van der Waals surface area (Å²) in [6.45, 7) is 4.68. The molecule has 49 heavy (non-hydrogen) atoms. The van der Waals surface area contributed by atoms with E-state index in [0.717, 1.165) is 39.1 Å². The van der Waals surface area contributed by atoms with Crippen LogP contribution in [0.2, 0.25) is 0 Å². The van der Waals surface area contributed by atoms with Gasteiger partial charge in [0.2, 0.25) is 0 Å². The lowest BCUT2D eigenvalue weighted by atomic mass is 9.78. The van der Waals surface area contributed by atoms with Crippen LogP contribution in [-0.2, 0) is 5.41 Å². The molecule has 9 aromatic rings. The lowest BCUT2D eigenvalue weighted by Gasteiger charge is -2.25. The van der Waals surface area contributed by atoms with Gasteiger partial charge in [-0.3, -0.25) is 0 Å². The van der Waals surface area contributed by atoms with Crippen LogP contribution >= 0.6 is 0 Å². The first-order valence-corrected chi connectivity index (χ1v) is 16.9. The number of hydrogen-bond donors (Lipinski definition) is 0. The van der Waals surface area contributed by atoms with E-state index in [0.29, 0.717) is 0 Å². The molecule has 1 aliphatic rings. The summed E-state index contributed by atoms with van der Waals surface area (Å²) in [5.74, 6) is 0.731. The number of pyridine rings is 1. The van der Waals surface area contributed by atoms with E-state index in [4.69, 9.17) is 15.0 Å². The lowest BCUT2D eigenvalue weighted by molar-refractivity contribution is 0.662. The Morgan fingerprint density at radius 3 is 1.92 bits per heavy atom. The van der Waals surface area contributed by atoms with Crippen LogP contribution in [0.1, 0.15) is 25.0 Å². The van der Waals surface area contributed by atoms with Gasteiger partial charge in [0.15, 0.2) is 5.82 Å². The van der Waals surface area contributed by atoms with E-state index in [1.165, 1.54) is 60.1 Å². The molecule has 1 aliphatic carbocycles. The molecule has 7 aromatic carbocycles. The predicted octanol–water partition coefficient (Wildman–Crippen LogP) is 11.8. The summed E-state index contributed by atoms with van der Waals surface area (Å²) in [5, 5.41) is 8.47. The summed E-state index contributed by atoms with van der Waals surface area (Å²) in [4.78, 5) is 15.2. The van der Waals surface area contributed by atoms with Crippen LogP contribution in [0.4, 0.5) is 0 Å². The van der Waals surface area contributed by atoms with Gasteiger partial charge in [0.1, 0.15) is 0 Å². The molecular formula is C46H31N3. The Kier molecular flexibility index (Phi) is 5.92. The molecule has 10 rings (SSSR count). The zero-order chi connectivity index (χ0) is 32.7. The lowest BCUT2D eigenvalue weighted by Crippen LogP contribution is -2.16. The number of rotatable bonds is 3. The van der Waals surface area contributed by atoms with E-state index in [-0.39, 0.29) is 5.41 Å². The highest BCUT2D eigenvalue weighted by Gasteiger charge is 2.39. The second-order valence-corrected chi connectivity index (χ2v) is 13.6. The molecule has 0 aliphatic heterocycles. The maximum absolute atomic E-state index is 5.35. The Balaban J connectivity index is 1.11. The van der Waals surface area contributed by atoms with Crippen molar-refractivity contribution in [1.82, 2.24) is 15.0 Å². The van der Waals surface area contributed by atoms with Gasteiger partial charge < -0.3 is 0 Å². The van der Waals surface area contributed by atoms with Gasteiger partial charge >= 0.3 is 0 Å². The molecule has 0 bridgehead atoms. The van der Waals surface area contributed by atoms with E-state index in [1.807, 2.05) is 12.4 Å². The number of benzene rings is 7. The van der Waals surface area contributed by atoms with Crippen molar-refractivity contribution in [1.29, 1.82) is 0 Å². The van der Waals surface area contributed by atoms with Crippen molar-refractivity contribution < 1.29 is 0 Å². The molecule has 0 N–H and O–H groups in total. The Bertz CT molecular complexity index is 2780. The van der Waals surface area contributed by atoms with Crippen molar-refractivity contribution in [2.24, 2.45) is 0 Å². The number of nitrogens with zero attached hydrogens (tertiary/aromatic N) is 3. The molecule has 2 aromatic heterocycles. The maximum atomic E-state index is 5.35. The predicted molar refractivity (Wildman–Crippen MR) is 204 cm³/mol. The molecule has 0 atom stereocenters. The van der Waals surface area contributed by atoms with Crippen LogP contribution in [0, 0.1) is 0 Å². The fourth-order valence-electron chi connectivity index (χ4n) is 8.18. The summed E-state index contributed by atoms with van der Waals surface area (Å²) in [7, 11) is 0. The summed E-state index contributed by atoms with van der Waals surface area (Å²) in [6, 6.07) is 50.0. The minimum atomic E-state index is -0.200. The molecule has 0 radical (unpaired) electrons. The topological polar surface area (TPSA) is 38.7 Å². The molecule has 2 heterocycles. The average molecular weight is 626 g/mol. The molecular weight excluding hydrogens is 595 g/mol. The molecule has 0 saturated heterocycles. The van der Waals surface area contributed by atoms with Gasteiger partial charge in [-0.25, -0.2) is 15.0 Å². The zero-order valence-electron chi connectivity index (χ0n) is 27.3. The Labute approximate surface area is 284 Å². The van der Waals surface area contributed by atoms with Crippen LogP contribution < -0.4 is 0 Å². The molecule has 3 heteroatoms. The third-order valence-corrected chi connectivity index (χ3v) is 10.5. The van der Waals surface area contributed by atoms with E-state index in [9.17, 15) is 0 Å². The van der Waals surface area contributed by atoms with Crippen molar-refractivity contribution in [3.63, 3.8) is 0 Å². The molecule has 0 amide bonds. The first kappa shape index (κ1) is 27.9. The van der Waals surface area contributed by atoms with E-state index < -0.39 is 0 Å². The van der Waals surface area contributed by atoms with Gasteiger partial charge in [-0.15, -0.1) is 0 Å². The molecule has 3 nitrogen and oxygen atoms in total. The fraction of sp³-hybridized carbons (Fsp3) is 0.0652. The van der Waals surface area contributed by atoms with Gasteiger partial charge in [0, 0.05) is 39.9 Å². The van der Waals surface area contributed by atoms with E-state index in [2.05, 4.69) is 153 Å². The number of hydrogen-bond acceptors (Lipinski definition) is 3. The van der Waals surface area contributed by atoms with Gasteiger partial charge in [-0.2, -0.15) is 0 Å². The SMILES string of the molecule is CC1(C)c2ccccc2-c2nc3ccc4ccccc4c3c(-c3ccc(-c4cnc(-c5cc6ccccc6c6ccccc56)nc4)cc3)c21. The molecule has 0 spiro atoms. The average Bonchev–Trinajstić information content (AvgIpc) is 3.39. The summed E-state index contributed by atoms with van der Waals surface area (Å²) in [5.41, 5.74) is 11.3. The van der Waals surface area contributed by atoms with Gasteiger partial charge in [0.05, 0.1) is 11.2 Å². The maximum Gasteiger partial charge on any atom is 0.159 e. The quantitative estimate of drug-likeness (QED) is 0.183.